The maximum atomic E-state index is 13.6. The van der Waals surface area contributed by atoms with Crippen molar-refractivity contribution in [1.82, 2.24) is 0 Å². The molecule has 0 saturated carbocycles. The Bertz CT molecular complexity index is 1240. The molecule has 0 spiro atoms. The first-order chi connectivity index (χ1) is 15.5. The molecular formula is C26H18Cl2N2O2. The number of hydrogen-bond acceptors (Lipinski definition) is 2. The summed E-state index contributed by atoms with van der Waals surface area (Å²) in [4.78, 5) is 28.0. The van der Waals surface area contributed by atoms with E-state index in [1.165, 1.54) is 0 Å². The molecule has 0 radical (unpaired) electrons. The van der Waals surface area contributed by atoms with E-state index in [4.69, 9.17) is 23.2 Å². The molecule has 4 aromatic carbocycles. The predicted octanol–water partition coefficient (Wildman–Crippen LogP) is 7.22. The molecule has 0 bridgehead atoms. The van der Waals surface area contributed by atoms with Crippen molar-refractivity contribution in [2.24, 2.45) is 0 Å². The molecule has 0 aromatic heterocycles. The van der Waals surface area contributed by atoms with Crippen LogP contribution >= 0.6 is 23.2 Å². The van der Waals surface area contributed by atoms with Crippen LogP contribution in [-0.2, 0) is 0 Å². The maximum Gasteiger partial charge on any atom is 0.262 e. The van der Waals surface area contributed by atoms with Crippen molar-refractivity contribution < 1.29 is 9.59 Å². The van der Waals surface area contributed by atoms with Gasteiger partial charge in [-0.2, -0.15) is 0 Å². The van der Waals surface area contributed by atoms with Crippen LogP contribution in [0.3, 0.4) is 0 Å². The van der Waals surface area contributed by atoms with Crippen LogP contribution in [0.25, 0.3) is 0 Å². The highest BCUT2D eigenvalue weighted by atomic mass is 35.5. The summed E-state index contributed by atoms with van der Waals surface area (Å²) >= 11 is 11.9. The van der Waals surface area contributed by atoms with Crippen molar-refractivity contribution in [2.45, 2.75) is 0 Å². The first-order valence-electron chi connectivity index (χ1n) is 9.84. The molecule has 1 N–H and O–H groups in total. The fourth-order valence-corrected chi connectivity index (χ4v) is 3.49. The van der Waals surface area contributed by atoms with E-state index < -0.39 is 0 Å². The van der Waals surface area contributed by atoms with E-state index in [-0.39, 0.29) is 11.8 Å². The molecule has 4 rings (SSSR count). The Morgan fingerprint density at radius 1 is 0.625 bits per heavy atom. The minimum absolute atomic E-state index is 0.249. The molecular weight excluding hydrogens is 443 g/mol. The summed E-state index contributed by atoms with van der Waals surface area (Å²) < 4.78 is 0. The van der Waals surface area contributed by atoms with E-state index in [2.05, 4.69) is 5.32 Å². The van der Waals surface area contributed by atoms with Gasteiger partial charge in [-0.15, -0.1) is 0 Å². The second-order valence-electron chi connectivity index (χ2n) is 6.96. The van der Waals surface area contributed by atoms with Gasteiger partial charge in [0.15, 0.2) is 0 Å². The minimum Gasteiger partial charge on any atom is -0.320 e. The molecule has 2 amide bonds. The Morgan fingerprint density at radius 2 is 1.16 bits per heavy atom. The summed E-state index contributed by atoms with van der Waals surface area (Å²) in [6, 6.07) is 29.7. The lowest BCUT2D eigenvalue weighted by Gasteiger charge is -2.25. The lowest BCUT2D eigenvalue weighted by atomic mass is 10.1. The standard InChI is InChI=1S/C26H18Cl2N2O2/c27-20-14-10-18(11-15-20)25(31)29-23-8-4-5-9-24(23)30(22-6-2-1-3-7-22)26(32)19-12-16-21(28)17-13-19/h1-17H,(H,29,31). The molecule has 4 nitrogen and oxygen atoms in total. The van der Waals surface area contributed by atoms with E-state index in [1.807, 2.05) is 36.4 Å². The van der Waals surface area contributed by atoms with Gasteiger partial charge in [-0.25, -0.2) is 0 Å². The largest absolute Gasteiger partial charge is 0.320 e. The predicted molar refractivity (Wildman–Crippen MR) is 130 cm³/mol. The fraction of sp³-hybridized carbons (Fsp3) is 0. The molecule has 0 heterocycles. The highest BCUT2D eigenvalue weighted by Crippen LogP contribution is 2.34. The zero-order valence-electron chi connectivity index (χ0n) is 16.8. The summed E-state index contributed by atoms with van der Waals surface area (Å²) in [5, 5.41) is 4.01. The molecule has 0 aliphatic heterocycles. The quantitative estimate of drug-likeness (QED) is 0.341. The average molecular weight is 461 g/mol. The third-order valence-electron chi connectivity index (χ3n) is 4.81. The molecule has 0 atom stereocenters. The Kier molecular flexibility index (Phi) is 6.55. The van der Waals surface area contributed by atoms with Gasteiger partial charge in [-0.05, 0) is 72.8 Å². The lowest BCUT2D eigenvalue weighted by Crippen LogP contribution is -2.27. The fourth-order valence-electron chi connectivity index (χ4n) is 3.23. The SMILES string of the molecule is O=C(Nc1ccccc1N(C(=O)c1ccc(Cl)cc1)c1ccccc1)c1ccc(Cl)cc1. The van der Waals surface area contributed by atoms with Crippen molar-refractivity contribution >= 4 is 52.1 Å². The number of para-hydroxylation sites is 3. The number of anilines is 3. The minimum atomic E-state index is -0.305. The zero-order valence-corrected chi connectivity index (χ0v) is 18.3. The third kappa shape index (κ3) is 4.83. The lowest BCUT2D eigenvalue weighted by molar-refractivity contribution is 0.0995. The highest BCUT2D eigenvalue weighted by Gasteiger charge is 2.23. The van der Waals surface area contributed by atoms with Crippen LogP contribution in [0.1, 0.15) is 20.7 Å². The van der Waals surface area contributed by atoms with Gasteiger partial charge in [0.1, 0.15) is 0 Å². The van der Waals surface area contributed by atoms with Crippen LogP contribution in [0.2, 0.25) is 10.0 Å². The summed E-state index contributed by atoms with van der Waals surface area (Å²) in [6.45, 7) is 0. The molecule has 0 aliphatic carbocycles. The van der Waals surface area contributed by atoms with Crippen LogP contribution in [-0.4, -0.2) is 11.8 Å². The summed E-state index contributed by atoms with van der Waals surface area (Å²) in [7, 11) is 0. The number of carbonyl (C=O) groups excluding carboxylic acids is 2. The third-order valence-corrected chi connectivity index (χ3v) is 5.31. The maximum absolute atomic E-state index is 13.6. The first-order valence-corrected chi connectivity index (χ1v) is 10.6. The summed E-state index contributed by atoms with van der Waals surface area (Å²) in [5.41, 5.74) is 2.64. The van der Waals surface area contributed by atoms with Crippen LogP contribution in [0, 0.1) is 0 Å². The van der Waals surface area contributed by atoms with E-state index >= 15 is 0 Å². The molecule has 0 aliphatic rings. The Balaban J connectivity index is 1.75. The smallest absolute Gasteiger partial charge is 0.262 e. The molecule has 0 fully saturated rings. The van der Waals surface area contributed by atoms with Gasteiger partial charge < -0.3 is 5.32 Å². The van der Waals surface area contributed by atoms with E-state index in [1.54, 1.807) is 71.6 Å². The topological polar surface area (TPSA) is 49.4 Å². The second-order valence-corrected chi connectivity index (χ2v) is 7.83. The summed E-state index contributed by atoms with van der Waals surface area (Å²) in [5.74, 6) is -0.554. The van der Waals surface area contributed by atoms with Crippen molar-refractivity contribution in [2.75, 3.05) is 10.2 Å². The number of nitrogens with one attached hydrogen (secondary N) is 1. The Labute approximate surface area is 196 Å². The number of rotatable bonds is 5. The highest BCUT2D eigenvalue weighted by molar-refractivity contribution is 6.31. The van der Waals surface area contributed by atoms with Crippen molar-refractivity contribution in [3.8, 4) is 0 Å². The molecule has 6 heteroatoms. The van der Waals surface area contributed by atoms with Gasteiger partial charge in [0.2, 0.25) is 0 Å². The number of carbonyl (C=O) groups is 2. The normalized spacial score (nSPS) is 10.4. The number of benzene rings is 4. The molecule has 158 valence electrons. The Morgan fingerprint density at radius 3 is 1.78 bits per heavy atom. The first kappa shape index (κ1) is 21.6. The van der Waals surface area contributed by atoms with Crippen molar-refractivity contribution in [3.63, 3.8) is 0 Å². The molecule has 0 unspecified atom stereocenters. The molecule has 4 aromatic rings. The second kappa shape index (κ2) is 9.69. The molecule has 32 heavy (non-hydrogen) atoms. The van der Waals surface area contributed by atoms with Crippen LogP contribution < -0.4 is 10.2 Å². The Hall–Kier alpha value is -3.60. The van der Waals surface area contributed by atoms with Gasteiger partial charge >= 0.3 is 0 Å². The van der Waals surface area contributed by atoms with Crippen LogP contribution in [0.5, 0.6) is 0 Å². The van der Waals surface area contributed by atoms with E-state index in [0.717, 1.165) is 0 Å². The van der Waals surface area contributed by atoms with Crippen LogP contribution in [0.15, 0.2) is 103 Å². The number of hydrogen-bond donors (Lipinski definition) is 1. The number of halogens is 2. The van der Waals surface area contributed by atoms with Crippen molar-refractivity contribution in [1.29, 1.82) is 0 Å². The van der Waals surface area contributed by atoms with Gasteiger partial charge in [0.25, 0.3) is 11.8 Å². The van der Waals surface area contributed by atoms with Crippen LogP contribution in [0.4, 0.5) is 17.1 Å². The number of nitrogens with zero attached hydrogens (tertiary/aromatic N) is 1. The monoisotopic (exact) mass is 460 g/mol. The van der Waals surface area contributed by atoms with Gasteiger partial charge in [0, 0.05) is 26.9 Å². The number of amides is 2. The molecule has 0 saturated heterocycles. The van der Waals surface area contributed by atoms with Gasteiger partial charge in [-0.3, -0.25) is 14.5 Å². The van der Waals surface area contributed by atoms with E-state index in [0.29, 0.717) is 38.2 Å². The zero-order chi connectivity index (χ0) is 22.5. The summed E-state index contributed by atoms with van der Waals surface area (Å²) in [6.07, 6.45) is 0. The van der Waals surface area contributed by atoms with Gasteiger partial charge in [-0.1, -0.05) is 53.5 Å². The van der Waals surface area contributed by atoms with Crippen molar-refractivity contribution in [3.05, 3.63) is 124 Å². The average Bonchev–Trinajstić information content (AvgIpc) is 2.82. The van der Waals surface area contributed by atoms with Gasteiger partial charge in [0.05, 0.1) is 11.4 Å². The van der Waals surface area contributed by atoms with E-state index in [9.17, 15) is 9.59 Å².